The van der Waals surface area contributed by atoms with Crippen LogP contribution in [0.4, 0.5) is 5.69 Å². The van der Waals surface area contributed by atoms with Crippen molar-refractivity contribution in [2.45, 2.75) is 38.3 Å². The Morgan fingerprint density at radius 3 is 2.44 bits per heavy atom. The molecule has 3 atom stereocenters. The Morgan fingerprint density at radius 2 is 1.81 bits per heavy atom. The highest BCUT2D eigenvalue weighted by atomic mass is 35.5. The van der Waals surface area contributed by atoms with Crippen molar-refractivity contribution in [1.82, 2.24) is 4.98 Å². The Kier molecular flexibility index (Phi) is 8.77. The molecule has 3 aromatic rings. The van der Waals surface area contributed by atoms with Crippen LogP contribution in [0.15, 0.2) is 72.0 Å². The normalized spacial score (nSPS) is 13.9. The summed E-state index contributed by atoms with van der Waals surface area (Å²) in [5.41, 5.74) is 6.32. The van der Waals surface area contributed by atoms with E-state index in [4.69, 9.17) is 16.3 Å². The number of halogens is 1. The largest absolute Gasteiger partial charge is 0.382 e. The number of aromatic nitrogens is 1. The van der Waals surface area contributed by atoms with E-state index < -0.39 is 6.04 Å². The van der Waals surface area contributed by atoms with E-state index in [1.54, 1.807) is 13.3 Å². The van der Waals surface area contributed by atoms with Crippen LogP contribution < -0.4 is 5.32 Å². The molecule has 0 fully saturated rings. The van der Waals surface area contributed by atoms with Crippen molar-refractivity contribution >= 4 is 17.3 Å². The fourth-order valence-electron chi connectivity index (χ4n) is 3.92. The van der Waals surface area contributed by atoms with Crippen molar-refractivity contribution in [3.8, 4) is 0 Å². The minimum absolute atomic E-state index is 0.0380. The zero-order valence-corrected chi connectivity index (χ0v) is 19.5. The second kappa shape index (κ2) is 11.7. The standard InChI is InChI=1S/C26H30ClN3O2/c1-18-6-4-5-7-24(18)25(15-26(30-31)21-12-13-28-19(2)14-21)20-8-10-22(11-9-20)29-17-23(16-27)32-3/h4-14,23,25-26,29H,15-17H2,1-3H3. The number of methoxy groups -OCH3 is 1. The number of pyridine rings is 1. The van der Waals surface area contributed by atoms with Crippen molar-refractivity contribution in [2.24, 2.45) is 5.18 Å². The number of rotatable bonds is 11. The van der Waals surface area contributed by atoms with Gasteiger partial charge in [-0.3, -0.25) is 4.98 Å². The van der Waals surface area contributed by atoms with Crippen LogP contribution in [-0.2, 0) is 4.74 Å². The fourth-order valence-corrected chi connectivity index (χ4v) is 4.16. The van der Waals surface area contributed by atoms with Gasteiger partial charge in [-0.1, -0.05) is 41.6 Å². The number of ether oxygens (including phenoxy) is 1. The molecule has 1 aromatic heterocycles. The maximum absolute atomic E-state index is 11.9. The van der Waals surface area contributed by atoms with Gasteiger partial charge in [-0.05, 0) is 66.8 Å². The number of nitroso groups, excluding NO2 is 1. The maximum atomic E-state index is 11.9. The third-order valence-electron chi connectivity index (χ3n) is 5.81. The Hall–Kier alpha value is -2.76. The third kappa shape index (κ3) is 6.15. The van der Waals surface area contributed by atoms with Crippen molar-refractivity contribution in [3.05, 3.63) is 99.7 Å². The lowest BCUT2D eigenvalue weighted by atomic mass is 9.82. The van der Waals surface area contributed by atoms with Crippen LogP contribution in [0.3, 0.4) is 0 Å². The Bertz CT molecular complexity index is 1010. The van der Waals surface area contributed by atoms with E-state index in [-0.39, 0.29) is 12.0 Å². The predicted octanol–water partition coefficient (Wildman–Crippen LogP) is 6.39. The highest BCUT2D eigenvalue weighted by molar-refractivity contribution is 6.18. The third-order valence-corrected chi connectivity index (χ3v) is 6.15. The second-order valence-corrected chi connectivity index (χ2v) is 8.32. The van der Waals surface area contributed by atoms with Gasteiger partial charge in [0.1, 0.15) is 6.04 Å². The van der Waals surface area contributed by atoms with E-state index in [1.807, 2.05) is 31.2 Å². The molecule has 3 unspecified atom stereocenters. The quantitative estimate of drug-likeness (QED) is 0.271. The van der Waals surface area contributed by atoms with E-state index in [0.717, 1.165) is 22.5 Å². The molecular weight excluding hydrogens is 422 g/mol. The number of nitrogens with one attached hydrogen (secondary N) is 1. The minimum atomic E-state index is -0.453. The number of nitrogens with zero attached hydrogens (tertiary/aromatic N) is 2. The van der Waals surface area contributed by atoms with Gasteiger partial charge >= 0.3 is 0 Å². The minimum Gasteiger partial charge on any atom is -0.382 e. The summed E-state index contributed by atoms with van der Waals surface area (Å²) in [5, 5.41) is 6.85. The molecule has 168 valence electrons. The first kappa shape index (κ1) is 23.9. The molecule has 0 aliphatic rings. The average molecular weight is 452 g/mol. The van der Waals surface area contributed by atoms with Crippen LogP contribution in [0.5, 0.6) is 0 Å². The fraction of sp³-hybridized carbons (Fsp3) is 0.346. The molecule has 0 aliphatic carbocycles. The zero-order chi connectivity index (χ0) is 22.9. The lowest BCUT2D eigenvalue weighted by Crippen LogP contribution is -2.23. The SMILES string of the molecule is COC(CCl)CNc1ccc(C(CC(N=O)c2ccnc(C)c2)c2ccccc2C)cc1. The number of anilines is 1. The molecule has 3 rings (SSSR count). The lowest BCUT2D eigenvalue weighted by molar-refractivity contribution is 0.131. The van der Waals surface area contributed by atoms with Gasteiger partial charge in [-0.15, -0.1) is 11.6 Å². The monoisotopic (exact) mass is 451 g/mol. The van der Waals surface area contributed by atoms with Gasteiger partial charge in [0, 0.05) is 37.2 Å². The van der Waals surface area contributed by atoms with Crippen LogP contribution >= 0.6 is 11.6 Å². The van der Waals surface area contributed by atoms with E-state index in [0.29, 0.717) is 18.8 Å². The zero-order valence-electron chi connectivity index (χ0n) is 18.8. The topological polar surface area (TPSA) is 63.6 Å². The molecule has 0 radical (unpaired) electrons. The van der Waals surface area contributed by atoms with Gasteiger partial charge in [0.05, 0.1) is 12.0 Å². The molecular formula is C26H30ClN3O2. The molecule has 32 heavy (non-hydrogen) atoms. The summed E-state index contributed by atoms with van der Waals surface area (Å²) < 4.78 is 5.32. The number of aryl methyl sites for hydroxylation is 2. The van der Waals surface area contributed by atoms with E-state index in [2.05, 4.69) is 58.8 Å². The van der Waals surface area contributed by atoms with E-state index in [1.165, 1.54) is 11.1 Å². The molecule has 0 spiro atoms. The highest BCUT2D eigenvalue weighted by Gasteiger charge is 2.23. The molecule has 1 N–H and O–H groups in total. The number of hydrogen-bond donors (Lipinski definition) is 1. The van der Waals surface area contributed by atoms with Crippen LogP contribution in [0.25, 0.3) is 0 Å². The molecule has 0 aliphatic heterocycles. The first-order valence-electron chi connectivity index (χ1n) is 10.8. The highest BCUT2D eigenvalue weighted by Crippen LogP contribution is 2.37. The number of benzene rings is 2. The molecule has 6 heteroatoms. The van der Waals surface area contributed by atoms with Gasteiger partial charge in [0.15, 0.2) is 0 Å². The van der Waals surface area contributed by atoms with Crippen molar-refractivity contribution in [2.75, 3.05) is 24.9 Å². The first-order chi connectivity index (χ1) is 15.5. The lowest BCUT2D eigenvalue weighted by Gasteiger charge is -2.23. The molecule has 0 amide bonds. The molecule has 0 saturated carbocycles. The summed E-state index contributed by atoms with van der Waals surface area (Å²) in [6, 6.07) is 20.0. The van der Waals surface area contributed by atoms with Crippen molar-refractivity contribution in [1.29, 1.82) is 0 Å². The summed E-state index contributed by atoms with van der Waals surface area (Å²) in [6.45, 7) is 4.67. The average Bonchev–Trinajstić information content (AvgIpc) is 2.82. The van der Waals surface area contributed by atoms with Gasteiger partial charge in [-0.25, -0.2) is 0 Å². The second-order valence-electron chi connectivity index (χ2n) is 8.01. The van der Waals surface area contributed by atoms with Crippen molar-refractivity contribution in [3.63, 3.8) is 0 Å². The summed E-state index contributed by atoms with van der Waals surface area (Å²) in [7, 11) is 1.66. The molecule has 1 heterocycles. The van der Waals surface area contributed by atoms with Gasteiger partial charge < -0.3 is 10.1 Å². The smallest absolute Gasteiger partial charge is 0.118 e. The van der Waals surface area contributed by atoms with Crippen LogP contribution in [0.1, 0.15) is 46.3 Å². The summed E-state index contributed by atoms with van der Waals surface area (Å²) in [5.74, 6) is 0.474. The van der Waals surface area contributed by atoms with E-state index >= 15 is 0 Å². The maximum Gasteiger partial charge on any atom is 0.118 e. The number of alkyl halides is 1. The van der Waals surface area contributed by atoms with Crippen LogP contribution in [0, 0.1) is 18.8 Å². The summed E-state index contributed by atoms with van der Waals surface area (Å²) >= 11 is 5.90. The first-order valence-corrected chi connectivity index (χ1v) is 11.3. The molecule has 2 aromatic carbocycles. The Labute approximate surface area is 195 Å². The summed E-state index contributed by atoms with van der Waals surface area (Å²) in [4.78, 5) is 16.1. The molecule has 5 nitrogen and oxygen atoms in total. The van der Waals surface area contributed by atoms with Gasteiger partial charge in [0.2, 0.25) is 0 Å². The Morgan fingerprint density at radius 1 is 1.06 bits per heavy atom. The van der Waals surface area contributed by atoms with Gasteiger partial charge in [0.25, 0.3) is 0 Å². The molecule has 0 bridgehead atoms. The number of hydrogen-bond acceptors (Lipinski definition) is 5. The molecule has 0 saturated heterocycles. The van der Waals surface area contributed by atoms with E-state index in [9.17, 15) is 4.91 Å². The van der Waals surface area contributed by atoms with Gasteiger partial charge in [-0.2, -0.15) is 4.91 Å². The Balaban J connectivity index is 1.88. The predicted molar refractivity (Wildman–Crippen MR) is 132 cm³/mol. The van der Waals surface area contributed by atoms with Crippen LogP contribution in [-0.4, -0.2) is 30.6 Å². The van der Waals surface area contributed by atoms with Crippen molar-refractivity contribution < 1.29 is 4.74 Å². The van der Waals surface area contributed by atoms with Crippen LogP contribution in [0.2, 0.25) is 0 Å². The summed E-state index contributed by atoms with van der Waals surface area (Å²) in [6.07, 6.45) is 2.28.